The number of hydrogen-bond acceptors (Lipinski definition) is 3. The molecule has 1 aromatic carbocycles. The molecule has 0 unspecified atom stereocenters. The number of aryl methyl sites for hydroxylation is 1. The summed E-state index contributed by atoms with van der Waals surface area (Å²) in [6.07, 6.45) is -0.199. The van der Waals surface area contributed by atoms with E-state index in [-0.39, 0.29) is 12.1 Å². The molecular formula is C18H27IN2O2. The van der Waals surface area contributed by atoms with Gasteiger partial charge in [0.2, 0.25) is 0 Å². The fraction of sp³-hybridized carbons (Fsp3) is 0.611. The second-order valence-electron chi connectivity index (χ2n) is 7.31. The number of amides is 1. The second kappa shape index (κ2) is 7.38. The highest BCUT2D eigenvalue weighted by atomic mass is 127. The highest BCUT2D eigenvalue weighted by Gasteiger charge is 2.30. The highest BCUT2D eigenvalue weighted by Crippen LogP contribution is 2.21. The van der Waals surface area contributed by atoms with E-state index in [1.807, 2.05) is 25.7 Å². The Bertz CT molecular complexity index is 569. The molecule has 0 spiro atoms. The van der Waals surface area contributed by atoms with Gasteiger partial charge in [-0.1, -0.05) is 18.2 Å². The molecule has 23 heavy (non-hydrogen) atoms. The molecule has 1 atom stereocenters. The van der Waals surface area contributed by atoms with Gasteiger partial charge in [-0.25, -0.2) is 4.79 Å². The summed E-state index contributed by atoms with van der Waals surface area (Å²) >= 11 is 2.42. The summed E-state index contributed by atoms with van der Waals surface area (Å²) in [4.78, 5) is 16.5. The van der Waals surface area contributed by atoms with Gasteiger partial charge < -0.3 is 9.64 Å². The number of nitrogens with zero attached hydrogens (tertiary/aromatic N) is 2. The van der Waals surface area contributed by atoms with Crippen LogP contribution in [0.3, 0.4) is 0 Å². The third kappa shape index (κ3) is 5.08. The van der Waals surface area contributed by atoms with Crippen LogP contribution < -0.4 is 0 Å². The first-order valence-corrected chi connectivity index (χ1v) is 9.21. The number of halogens is 1. The maximum Gasteiger partial charge on any atom is 0.410 e. The Morgan fingerprint density at radius 3 is 2.65 bits per heavy atom. The van der Waals surface area contributed by atoms with E-state index >= 15 is 0 Å². The average molecular weight is 430 g/mol. The van der Waals surface area contributed by atoms with Crippen molar-refractivity contribution in [3.8, 4) is 0 Å². The molecule has 1 aliphatic heterocycles. The van der Waals surface area contributed by atoms with Crippen LogP contribution >= 0.6 is 22.6 Å². The quantitative estimate of drug-likeness (QED) is 0.664. The number of piperazine rings is 1. The number of carbonyl (C=O) groups excluding carboxylic acids is 1. The Labute approximate surface area is 153 Å². The molecule has 1 fully saturated rings. The Morgan fingerprint density at radius 1 is 1.35 bits per heavy atom. The Kier molecular flexibility index (Phi) is 5.94. The predicted octanol–water partition coefficient (Wildman–Crippen LogP) is 4.04. The van der Waals surface area contributed by atoms with Crippen LogP contribution in [-0.2, 0) is 11.3 Å². The highest BCUT2D eigenvalue weighted by molar-refractivity contribution is 14.1. The molecule has 0 N–H and O–H groups in total. The van der Waals surface area contributed by atoms with Gasteiger partial charge >= 0.3 is 6.09 Å². The van der Waals surface area contributed by atoms with E-state index in [1.54, 1.807) is 0 Å². The van der Waals surface area contributed by atoms with Gasteiger partial charge in [0.15, 0.2) is 0 Å². The van der Waals surface area contributed by atoms with Crippen LogP contribution in [0.1, 0.15) is 38.8 Å². The minimum Gasteiger partial charge on any atom is -0.444 e. The van der Waals surface area contributed by atoms with Crippen molar-refractivity contribution in [3.05, 3.63) is 32.9 Å². The summed E-state index contributed by atoms with van der Waals surface area (Å²) < 4.78 is 6.84. The van der Waals surface area contributed by atoms with E-state index in [0.717, 1.165) is 26.2 Å². The molecule has 1 aliphatic rings. The Morgan fingerprint density at radius 2 is 2.04 bits per heavy atom. The maximum atomic E-state index is 12.3. The van der Waals surface area contributed by atoms with Gasteiger partial charge in [0.05, 0.1) is 0 Å². The standard InChI is InChI=1S/C18H27IN2O2/c1-13-7-6-8-15(16(13)19)12-20-9-10-21(14(2)11-20)17(22)23-18(3,4)5/h6-8,14H,9-12H2,1-5H3/t14-/m0/s1. The van der Waals surface area contributed by atoms with Crippen molar-refractivity contribution in [2.24, 2.45) is 0 Å². The summed E-state index contributed by atoms with van der Waals surface area (Å²) in [6.45, 7) is 13.4. The van der Waals surface area contributed by atoms with Crippen LogP contribution in [0.2, 0.25) is 0 Å². The van der Waals surface area contributed by atoms with Crippen molar-refractivity contribution in [2.45, 2.75) is 52.8 Å². The van der Waals surface area contributed by atoms with E-state index in [1.165, 1.54) is 14.7 Å². The molecule has 0 aliphatic carbocycles. The van der Waals surface area contributed by atoms with E-state index in [0.29, 0.717) is 0 Å². The molecule has 0 bridgehead atoms. The van der Waals surface area contributed by atoms with Crippen LogP contribution in [-0.4, -0.2) is 47.2 Å². The van der Waals surface area contributed by atoms with E-state index in [9.17, 15) is 4.79 Å². The molecule has 1 aromatic rings. The fourth-order valence-electron chi connectivity index (χ4n) is 2.84. The number of benzene rings is 1. The largest absolute Gasteiger partial charge is 0.444 e. The topological polar surface area (TPSA) is 32.8 Å². The molecule has 0 saturated carbocycles. The molecular weight excluding hydrogens is 403 g/mol. The summed E-state index contributed by atoms with van der Waals surface area (Å²) in [7, 11) is 0. The lowest BCUT2D eigenvalue weighted by Crippen LogP contribution is -2.54. The molecule has 2 rings (SSSR count). The Hall–Kier alpha value is -0.820. The fourth-order valence-corrected chi connectivity index (χ4v) is 3.37. The molecule has 1 saturated heterocycles. The van der Waals surface area contributed by atoms with Crippen LogP contribution in [0.15, 0.2) is 18.2 Å². The van der Waals surface area contributed by atoms with Gasteiger partial charge in [-0.05, 0) is 68.3 Å². The molecule has 0 radical (unpaired) electrons. The van der Waals surface area contributed by atoms with Gasteiger partial charge in [-0.15, -0.1) is 0 Å². The SMILES string of the molecule is Cc1cccc(CN2CCN(C(=O)OC(C)(C)C)[C@@H](C)C2)c1I. The van der Waals surface area contributed by atoms with Gasteiger partial charge in [0, 0.05) is 35.8 Å². The van der Waals surface area contributed by atoms with Crippen molar-refractivity contribution in [1.29, 1.82) is 0 Å². The normalized spacial score (nSPS) is 19.7. The first-order chi connectivity index (χ1) is 10.7. The van der Waals surface area contributed by atoms with E-state index in [4.69, 9.17) is 4.74 Å². The number of rotatable bonds is 2. The third-order valence-electron chi connectivity index (χ3n) is 4.01. The van der Waals surface area contributed by atoms with Crippen molar-refractivity contribution in [3.63, 3.8) is 0 Å². The lowest BCUT2D eigenvalue weighted by atomic mass is 10.1. The summed E-state index contributed by atoms with van der Waals surface area (Å²) in [6, 6.07) is 6.63. The van der Waals surface area contributed by atoms with Crippen LogP contribution in [0.5, 0.6) is 0 Å². The minimum atomic E-state index is -0.439. The minimum absolute atomic E-state index is 0.168. The van der Waals surface area contributed by atoms with Crippen molar-refractivity contribution >= 4 is 28.7 Å². The van der Waals surface area contributed by atoms with Gasteiger partial charge in [-0.2, -0.15) is 0 Å². The zero-order valence-corrected chi connectivity index (χ0v) is 16.9. The van der Waals surface area contributed by atoms with E-state index in [2.05, 4.69) is 59.5 Å². The summed E-state index contributed by atoms with van der Waals surface area (Å²) in [5.74, 6) is 0. The summed E-state index contributed by atoms with van der Waals surface area (Å²) in [5, 5.41) is 0. The molecule has 1 heterocycles. The second-order valence-corrected chi connectivity index (χ2v) is 8.38. The molecule has 5 heteroatoms. The van der Waals surface area contributed by atoms with Gasteiger partial charge in [0.25, 0.3) is 0 Å². The smallest absolute Gasteiger partial charge is 0.410 e. The van der Waals surface area contributed by atoms with Gasteiger partial charge in [0.1, 0.15) is 5.60 Å². The first kappa shape index (κ1) is 18.5. The lowest BCUT2D eigenvalue weighted by Gasteiger charge is -2.40. The molecule has 128 valence electrons. The Balaban J connectivity index is 1.96. The van der Waals surface area contributed by atoms with Crippen LogP contribution in [0, 0.1) is 10.5 Å². The van der Waals surface area contributed by atoms with Gasteiger partial charge in [-0.3, -0.25) is 4.90 Å². The van der Waals surface area contributed by atoms with Crippen molar-refractivity contribution in [2.75, 3.05) is 19.6 Å². The molecule has 1 amide bonds. The molecule has 0 aromatic heterocycles. The monoisotopic (exact) mass is 430 g/mol. The molecule has 4 nitrogen and oxygen atoms in total. The number of ether oxygens (including phenoxy) is 1. The first-order valence-electron chi connectivity index (χ1n) is 8.13. The lowest BCUT2D eigenvalue weighted by molar-refractivity contribution is 0.000539. The average Bonchev–Trinajstić information content (AvgIpc) is 2.42. The van der Waals surface area contributed by atoms with Crippen molar-refractivity contribution in [1.82, 2.24) is 9.80 Å². The maximum absolute atomic E-state index is 12.3. The zero-order chi connectivity index (χ0) is 17.2. The number of carbonyl (C=O) groups is 1. The van der Waals surface area contributed by atoms with Crippen molar-refractivity contribution < 1.29 is 9.53 Å². The third-order valence-corrected chi connectivity index (χ3v) is 5.55. The van der Waals surface area contributed by atoms with Crippen LogP contribution in [0.4, 0.5) is 4.79 Å². The predicted molar refractivity (Wildman–Crippen MR) is 102 cm³/mol. The van der Waals surface area contributed by atoms with Crippen LogP contribution in [0.25, 0.3) is 0 Å². The summed E-state index contributed by atoms with van der Waals surface area (Å²) in [5.41, 5.74) is 2.25. The zero-order valence-electron chi connectivity index (χ0n) is 14.7. The number of hydrogen-bond donors (Lipinski definition) is 0. The van der Waals surface area contributed by atoms with E-state index < -0.39 is 5.60 Å².